The van der Waals surface area contributed by atoms with Gasteiger partial charge in [0.05, 0.1) is 16.6 Å². The SMILES string of the molecule is Cc1nn(C)c2nc(C3CC3)cc(C(=O)NCCCNC(=O)OC(C)(C)C)c12. The average molecular weight is 387 g/mol. The fourth-order valence-corrected chi connectivity index (χ4v) is 3.12. The number of hydrogen-bond acceptors (Lipinski definition) is 5. The highest BCUT2D eigenvalue weighted by Gasteiger charge is 2.28. The van der Waals surface area contributed by atoms with Crippen molar-refractivity contribution in [3.63, 3.8) is 0 Å². The summed E-state index contributed by atoms with van der Waals surface area (Å²) in [6.45, 7) is 8.23. The van der Waals surface area contributed by atoms with Crippen LogP contribution in [0.25, 0.3) is 11.0 Å². The van der Waals surface area contributed by atoms with Crippen LogP contribution in [0.3, 0.4) is 0 Å². The Morgan fingerprint density at radius 1 is 1.25 bits per heavy atom. The highest BCUT2D eigenvalue weighted by molar-refractivity contribution is 6.06. The van der Waals surface area contributed by atoms with Gasteiger partial charge in [0.15, 0.2) is 5.65 Å². The van der Waals surface area contributed by atoms with E-state index in [-0.39, 0.29) is 5.91 Å². The third-order valence-corrected chi connectivity index (χ3v) is 4.54. The van der Waals surface area contributed by atoms with Gasteiger partial charge in [-0.2, -0.15) is 5.10 Å². The molecule has 0 bridgehead atoms. The summed E-state index contributed by atoms with van der Waals surface area (Å²) in [7, 11) is 1.85. The highest BCUT2D eigenvalue weighted by atomic mass is 16.6. The predicted molar refractivity (Wildman–Crippen MR) is 106 cm³/mol. The lowest BCUT2D eigenvalue weighted by molar-refractivity contribution is 0.0527. The van der Waals surface area contributed by atoms with E-state index in [1.54, 1.807) is 4.68 Å². The van der Waals surface area contributed by atoms with Crippen LogP contribution in [0, 0.1) is 6.92 Å². The van der Waals surface area contributed by atoms with Crippen molar-refractivity contribution in [2.45, 2.75) is 58.5 Å². The fraction of sp³-hybridized carbons (Fsp3) is 0.600. The molecule has 3 rings (SSSR count). The first kappa shape index (κ1) is 20.1. The topological polar surface area (TPSA) is 98.1 Å². The van der Waals surface area contributed by atoms with E-state index in [1.807, 2.05) is 40.8 Å². The number of aromatic nitrogens is 3. The lowest BCUT2D eigenvalue weighted by atomic mass is 10.1. The van der Waals surface area contributed by atoms with Crippen molar-refractivity contribution in [2.24, 2.45) is 7.05 Å². The zero-order chi connectivity index (χ0) is 20.5. The first-order valence-electron chi connectivity index (χ1n) is 9.75. The first-order valence-corrected chi connectivity index (χ1v) is 9.75. The Balaban J connectivity index is 1.60. The number of carbonyl (C=O) groups excluding carboxylic acids is 2. The number of hydrogen-bond donors (Lipinski definition) is 2. The maximum absolute atomic E-state index is 12.8. The van der Waals surface area contributed by atoms with Crippen LogP contribution in [0.2, 0.25) is 0 Å². The molecule has 0 aliphatic heterocycles. The Labute approximate surface area is 165 Å². The molecule has 2 aromatic rings. The van der Waals surface area contributed by atoms with Gasteiger partial charge in [-0.15, -0.1) is 0 Å². The van der Waals surface area contributed by atoms with Gasteiger partial charge < -0.3 is 15.4 Å². The number of nitrogens with one attached hydrogen (secondary N) is 2. The maximum Gasteiger partial charge on any atom is 0.407 e. The maximum atomic E-state index is 12.8. The number of nitrogens with zero attached hydrogens (tertiary/aromatic N) is 3. The lowest BCUT2D eigenvalue weighted by Crippen LogP contribution is -2.34. The third-order valence-electron chi connectivity index (χ3n) is 4.54. The second kappa shape index (κ2) is 7.77. The first-order chi connectivity index (χ1) is 13.2. The highest BCUT2D eigenvalue weighted by Crippen LogP contribution is 2.40. The van der Waals surface area contributed by atoms with Gasteiger partial charge in [0, 0.05) is 31.7 Å². The van der Waals surface area contributed by atoms with E-state index in [0.717, 1.165) is 35.3 Å². The molecule has 1 fully saturated rings. The van der Waals surface area contributed by atoms with Gasteiger partial charge >= 0.3 is 6.09 Å². The minimum Gasteiger partial charge on any atom is -0.444 e. The molecule has 0 aromatic carbocycles. The van der Waals surface area contributed by atoms with Crippen molar-refractivity contribution < 1.29 is 14.3 Å². The van der Waals surface area contributed by atoms with Gasteiger partial charge in [-0.25, -0.2) is 9.78 Å². The number of fused-ring (bicyclic) bond motifs is 1. The molecule has 0 unspecified atom stereocenters. The van der Waals surface area contributed by atoms with Crippen LogP contribution >= 0.6 is 0 Å². The lowest BCUT2D eigenvalue weighted by Gasteiger charge is -2.19. The molecule has 2 N–H and O–H groups in total. The number of rotatable bonds is 6. The van der Waals surface area contributed by atoms with Crippen molar-refractivity contribution in [2.75, 3.05) is 13.1 Å². The van der Waals surface area contributed by atoms with E-state index in [1.165, 1.54) is 0 Å². The van der Waals surface area contributed by atoms with Crippen LogP contribution < -0.4 is 10.6 Å². The van der Waals surface area contributed by atoms with Crippen molar-refractivity contribution in [1.29, 1.82) is 0 Å². The quantitative estimate of drug-likeness (QED) is 0.743. The Bertz CT molecular complexity index is 893. The summed E-state index contributed by atoms with van der Waals surface area (Å²) in [6.07, 6.45) is 2.40. The molecule has 2 aromatic heterocycles. The average Bonchev–Trinajstić information content (AvgIpc) is 3.39. The van der Waals surface area contributed by atoms with E-state index in [2.05, 4.69) is 15.7 Å². The molecular formula is C20H29N5O3. The number of aryl methyl sites for hydroxylation is 2. The molecule has 28 heavy (non-hydrogen) atoms. The monoisotopic (exact) mass is 387 g/mol. The molecule has 2 heterocycles. The van der Waals surface area contributed by atoms with Crippen LogP contribution in [-0.2, 0) is 11.8 Å². The smallest absolute Gasteiger partial charge is 0.407 e. The molecule has 0 radical (unpaired) electrons. The van der Waals surface area contributed by atoms with Crippen molar-refractivity contribution in [3.8, 4) is 0 Å². The Morgan fingerprint density at radius 2 is 1.93 bits per heavy atom. The van der Waals surface area contributed by atoms with E-state index in [4.69, 9.17) is 9.72 Å². The van der Waals surface area contributed by atoms with Gasteiger partial charge in [-0.1, -0.05) is 0 Å². The van der Waals surface area contributed by atoms with Crippen LogP contribution in [0.4, 0.5) is 4.79 Å². The molecule has 0 atom stereocenters. The van der Waals surface area contributed by atoms with Crippen LogP contribution in [0.5, 0.6) is 0 Å². The normalized spacial score (nSPS) is 14.2. The zero-order valence-corrected chi connectivity index (χ0v) is 17.3. The molecule has 2 amide bonds. The summed E-state index contributed by atoms with van der Waals surface area (Å²) in [5.41, 5.74) is 2.61. The van der Waals surface area contributed by atoms with Crippen LogP contribution in [0.1, 0.15) is 67.7 Å². The van der Waals surface area contributed by atoms with Crippen molar-refractivity contribution >= 4 is 23.0 Å². The number of carbonyl (C=O) groups is 2. The summed E-state index contributed by atoms with van der Waals surface area (Å²) in [5, 5.41) is 10.9. The molecule has 8 heteroatoms. The number of ether oxygens (including phenoxy) is 1. The summed E-state index contributed by atoms with van der Waals surface area (Å²) < 4.78 is 6.92. The molecule has 152 valence electrons. The minimum absolute atomic E-state index is 0.136. The van der Waals surface area contributed by atoms with Gasteiger partial charge in [-0.05, 0) is 53.0 Å². The van der Waals surface area contributed by atoms with E-state index in [0.29, 0.717) is 31.0 Å². The van der Waals surface area contributed by atoms with Gasteiger partial charge in [-0.3, -0.25) is 9.48 Å². The molecular weight excluding hydrogens is 358 g/mol. The fourth-order valence-electron chi connectivity index (χ4n) is 3.12. The number of alkyl carbamates (subject to hydrolysis) is 1. The van der Waals surface area contributed by atoms with Gasteiger partial charge in [0.1, 0.15) is 5.60 Å². The Kier molecular flexibility index (Phi) is 5.58. The molecule has 1 saturated carbocycles. The van der Waals surface area contributed by atoms with Crippen LogP contribution in [-0.4, -0.2) is 45.5 Å². The number of amides is 2. The molecule has 1 aliphatic rings. The molecule has 1 aliphatic carbocycles. The summed E-state index contributed by atoms with van der Waals surface area (Å²) in [5.74, 6) is 0.312. The molecule has 0 saturated heterocycles. The zero-order valence-electron chi connectivity index (χ0n) is 17.3. The van der Waals surface area contributed by atoms with E-state index >= 15 is 0 Å². The summed E-state index contributed by atoms with van der Waals surface area (Å²) in [4.78, 5) is 29.2. The van der Waals surface area contributed by atoms with Crippen molar-refractivity contribution in [3.05, 3.63) is 23.0 Å². The molecule has 0 spiro atoms. The van der Waals surface area contributed by atoms with Crippen molar-refractivity contribution in [1.82, 2.24) is 25.4 Å². The van der Waals surface area contributed by atoms with Crippen LogP contribution in [0.15, 0.2) is 6.07 Å². The Morgan fingerprint density at radius 3 is 2.57 bits per heavy atom. The third kappa shape index (κ3) is 4.79. The minimum atomic E-state index is -0.522. The second-order valence-electron chi connectivity index (χ2n) is 8.31. The Hall–Kier alpha value is -2.64. The van der Waals surface area contributed by atoms with Gasteiger partial charge in [0.2, 0.25) is 0 Å². The largest absolute Gasteiger partial charge is 0.444 e. The number of pyridine rings is 1. The van der Waals surface area contributed by atoms with E-state index in [9.17, 15) is 9.59 Å². The summed E-state index contributed by atoms with van der Waals surface area (Å²) in [6, 6.07) is 1.91. The molecule has 8 nitrogen and oxygen atoms in total. The van der Waals surface area contributed by atoms with E-state index < -0.39 is 11.7 Å². The standard InChI is InChI=1S/C20H29N5O3/c1-12-16-14(11-15(13-7-8-13)23-17(16)25(5)24-12)18(26)21-9-6-10-22-19(27)28-20(2,3)4/h11,13H,6-10H2,1-5H3,(H,21,26)(H,22,27). The van der Waals surface area contributed by atoms with Gasteiger partial charge in [0.25, 0.3) is 5.91 Å². The predicted octanol–water partition coefficient (Wildman–Crippen LogP) is 2.80. The second-order valence-corrected chi connectivity index (χ2v) is 8.31. The summed E-state index contributed by atoms with van der Waals surface area (Å²) >= 11 is 0.